The van der Waals surface area contributed by atoms with Gasteiger partial charge in [-0.3, -0.25) is 9.59 Å². The monoisotopic (exact) mass is 539 g/mol. The van der Waals surface area contributed by atoms with Crippen molar-refractivity contribution in [3.63, 3.8) is 0 Å². The summed E-state index contributed by atoms with van der Waals surface area (Å²) in [5, 5.41) is 16.1. The van der Waals surface area contributed by atoms with Gasteiger partial charge >= 0.3 is 0 Å². The Bertz CT molecular complexity index is 1190. The van der Waals surface area contributed by atoms with E-state index in [0.29, 0.717) is 49.6 Å². The molecule has 180 valence electrons. The Balaban J connectivity index is 1.69. The first-order valence-corrected chi connectivity index (χ1v) is 12.6. The summed E-state index contributed by atoms with van der Waals surface area (Å²) in [4.78, 5) is 25.3. The van der Waals surface area contributed by atoms with E-state index in [1.807, 2.05) is 0 Å². The second-order valence-corrected chi connectivity index (χ2v) is 10.2. The lowest BCUT2D eigenvalue weighted by Crippen LogP contribution is -2.31. The molecule has 11 heteroatoms. The van der Waals surface area contributed by atoms with Gasteiger partial charge in [0.1, 0.15) is 0 Å². The van der Waals surface area contributed by atoms with Crippen LogP contribution in [0.1, 0.15) is 42.5 Å². The van der Waals surface area contributed by atoms with Crippen molar-refractivity contribution >= 4 is 64.1 Å². The molecule has 1 atom stereocenters. The lowest BCUT2D eigenvalue weighted by molar-refractivity contribution is -0.113. The van der Waals surface area contributed by atoms with Crippen LogP contribution in [0.2, 0.25) is 15.1 Å². The Morgan fingerprint density at radius 1 is 1.06 bits per heavy atom. The van der Waals surface area contributed by atoms with Gasteiger partial charge in [0.25, 0.3) is 5.91 Å². The van der Waals surface area contributed by atoms with E-state index in [9.17, 15) is 9.59 Å². The highest BCUT2D eigenvalue weighted by atomic mass is 35.5. The number of nitrogens with zero attached hydrogens (tertiary/aromatic N) is 3. The number of hydrogen-bond donors (Lipinski definition) is 2. The van der Waals surface area contributed by atoms with Crippen molar-refractivity contribution in [3.05, 3.63) is 68.9 Å². The third-order valence-corrected chi connectivity index (χ3v) is 6.75. The molecule has 2 N–H and O–H groups in total. The van der Waals surface area contributed by atoms with Crippen LogP contribution >= 0.6 is 46.6 Å². The van der Waals surface area contributed by atoms with Crippen LogP contribution < -0.4 is 10.6 Å². The van der Waals surface area contributed by atoms with E-state index in [0.717, 1.165) is 0 Å². The number of carbonyl (C=O) groups excluding carboxylic acids is 2. The second-order valence-electron chi connectivity index (χ2n) is 8.00. The Morgan fingerprint density at radius 2 is 1.79 bits per heavy atom. The molecule has 34 heavy (non-hydrogen) atoms. The van der Waals surface area contributed by atoms with Crippen molar-refractivity contribution in [3.8, 4) is 0 Å². The molecule has 0 aliphatic rings. The van der Waals surface area contributed by atoms with E-state index in [1.54, 1.807) is 54.1 Å². The molecule has 2 amide bonds. The van der Waals surface area contributed by atoms with Crippen LogP contribution in [0.25, 0.3) is 0 Å². The van der Waals surface area contributed by atoms with Crippen molar-refractivity contribution in [2.45, 2.75) is 31.5 Å². The quantitative estimate of drug-likeness (QED) is 0.324. The van der Waals surface area contributed by atoms with Gasteiger partial charge in [0.15, 0.2) is 11.0 Å². The largest absolute Gasteiger partial charge is 0.342 e. The van der Waals surface area contributed by atoms with Gasteiger partial charge in [-0.2, -0.15) is 0 Å². The molecular weight excluding hydrogens is 517 g/mol. The van der Waals surface area contributed by atoms with Crippen LogP contribution in [-0.4, -0.2) is 32.3 Å². The molecule has 3 aromatic rings. The third-order valence-electron chi connectivity index (χ3n) is 4.85. The number of hydrogen-bond acceptors (Lipinski definition) is 5. The summed E-state index contributed by atoms with van der Waals surface area (Å²) < 4.78 is 1.78. The highest BCUT2D eigenvalue weighted by molar-refractivity contribution is 7.99. The average Bonchev–Trinajstić information content (AvgIpc) is 3.14. The lowest BCUT2D eigenvalue weighted by atomic mass is 10.0. The molecule has 0 saturated carbocycles. The smallest absolute Gasteiger partial charge is 0.253 e. The number of amides is 2. The second kappa shape index (κ2) is 11.9. The van der Waals surface area contributed by atoms with E-state index in [1.165, 1.54) is 11.8 Å². The van der Waals surface area contributed by atoms with E-state index in [-0.39, 0.29) is 23.6 Å². The molecule has 1 aromatic heterocycles. The standard InChI is InChI=1S/C23H24Cl3N5O2S/c1-13(2)10-19(28-22(33)15-6-4-5-7-16(15)25)21-29-30-23(31(21)3)34-12-20(32)27-18-9-8-14(24)11-17(18)26/h4-9,11,13,19H,10,12H2,1-3H3,(H,27,32)(H,28,33)/t19-/m0/s1. The van der Waals surface area contributed by atoms with E-state index in [4.69, 9.17) is 34.8 Å². The Labute approximate surface area is 217 Å². The van der Waals surface area contributed by atoms with E-state index < -0.39 is 0 Å². The van der Waals surface area contributed by atoms with Crippen LogP contribution in [0.5, 0.6) is 0 Å². The molecule has 0 bridgehead atoms. The topological polar surface area (TPSA) is 88.9 Å². The summed E-state index contributed by atoms with van der Waals surface area (Å²) in [6, 6.07) is 11.4. The van der Waals surface area contributed by atoms with Crippen molar-refractivity contribution in [2.75, 3.05) is 11.1 Å². The van der Waals surface area contributed by atoms with Crippen molar-refractivity contribution in [1.29, 1.82) is 0 Å². The molecule has 0 saturated heterocycles. The maximum absolute atomic E-state index is 12.9. The Kier molecular flexibility index (Phi) is 9.24. The minimum atomic E-state index is -0.377. The fourth-order valence-corrected chi connectivity index (χ4v) is 4.64. The zero-order chi connectivity index (χ0) is 24.8. The number of rotatable bonds is 9. The lowest BCUT2D eigenvalue weighted by Gasteiger charge is -2.20. The molecular formula is C23H24Cl3N5O2S. The number of thioether (sulfide) groups is 1. The highest BCUT2D eigenvalue weighted by Crippen LogP contribution is 2.27. The minimum absolute atomic E-state index is 0.103. The molecule has 0 aliphatic carbocycles. The fourth-order valence-electron chi connectivity index (χ4n) is 3.24. The van der Waals surface area contributed by atoms with Gasteiger partial charge < -0.3 is 15.2 Å². The molecule has 1 heterocycles. The Morgan fingerprint density at radius 3 is 2.47 bits per heavy atom. The predicted molar refractivity (Wildman–Crippen MR) is 138 cm³/mol. The Hall–Kier alpha value is -2.26. The number of nitrogens with one attached hydrogen (secondary N) is 2. The number of carbonyl (C=O) groups is 2. The summed E-state index contributed by atoms with van der Waals surface area (Å²) in [6.45, 7) is 4.12. The van der Waals surface area contributed by atoms with Crippen molar-refractivity contribution < 1.29 is 9.59 Å². The van der Waals surface area contributed by atoms with Gasteiger partial charge in [-0.15, -0.1) is 10.2 Å². The van der Waals surface area contributed by atoms with Crippen LogP contribution in [0.15, 0.2) is 47.6 Å². The first kappa shape index (κ1) is 26.3. The zero-order valence-electron chi connectivity index (χ0n) is 18.8. The molecule has 0 aliphatic heterocycles. The molecule has 0 radical (unpaired) electrons. The first-order chi connectivity index (χ1) is 16.2. The number of anilines is 1. The maximum atomic E-state index is 12.9. The van der Waals surface area contributed by atoms with Crippen LogP contribution in [0, 0.1) is 5.92 Å². The molecule has 0 spiro atoms. The summed E-state index contributed by atoms with van der Waals surface area (Å²) in [6.07, 6.45) is 0.655. The van der Waals surface area contributed by atoms with Gasteiger partial charge in [0, 0.05) is 12.1 Å². The maximum Gasteiger partial charge on any atom is 0.253 e. The number of aromatic nitrogens is 3. The van der Waals surface area contributed by atoms with Gasteiger partial charge in [-0.05, 0) is 42.7 Å². The van der Waals surface area contributed by atoms with E-state index in [2.05, 4.69) is 34.7 Å². The highest BCUT2D eigenvalue weighted by Gasteiger charge is 2.24. The van der Waals surface area contributed by atoms with Crippen LogP contribution in [0.4, 0.5) is 5.69 Å². The molecule has 2 aromatic carbocycles. The van der Waals surface area contributed by atoms with Crippen molar-refractivity contribution in [2.24, 2.45) is 13.0 Å². The average molecular weight is 541 g/mol. The fraction of sp³-hybridized carbons (Fsp3) is 0.304. The summed E-state index contributed by atoms with van der Waals surface area (Å²) in [5.41, 5.74) is 0.877. The SMILES string of the molecule is CC(C)C[C@H](NC(=O)c1ccccc1Cl)c1nnc(SCC(=O)Nc2ccc(Cl)cc2Cl)n1C. The zero-order valence-corrected chi connectivity index (χ0v) is 21.9. The van der Waals surface area contributed by atoms with Gasteiger partial charge in [-0.25, -0.2) is 0 Å². The summed E-state index contributed by atoms with van der Waals surface area (Å²) in [7, 11) is 1.81. The molecule has 0 fully saturated rings. The van der Waals surface area contributed by atoms with Gasteiger partial charge in [0.05, 0.1) is 33.1 Å². The van der Waals surface area contributed by atoms with Crippen LogP contribution in [-0.2, 0) is 11.8 Å². The predicted octanol–water partition coefficient (Wildman–Crippen LogP) is 6.02. The third kappa shape index (κ3) is 6.88. The minimum Gasteiger partial charge on any atom is -0.342 e. The summed E-state index contributed by atoms with van der Waals surface area (Å²) in [5.74, 6) is 0.459. The van der Waals surface area contributed by atoms with Gasteiger partial charge in [-0.1, -0.05) is 72.5 Å². The first-order valence-electron chi connectivity index (χ1n) is 10.5. The van der Waals surface area contributed by atoms with E-state index >= 15 is 0 Å². The normalized spacial score (nSPS) is 12.0. The molecule has 7 nitrogen and oxygen atoms in total. The molecule has 0 unspecified atom stereocenters. The molecule has 3 rings (SSSR count). The number of halogens is 3. The van der Waals surface area contributed by atoms with Gasteiger partial charge in [0.2, 0.25) is 5.91 Å². The summed E-state index contributed by atoms with van der Waals surface area (Å²) >= 11 is 19.4. The van der Waals surface area contributed by atoms with Crippen molar-refractivity contribution in [1.82, 2.24) is 20.1 Å². The number of benzene rings is 2. The van der Waals surface area contributed by atoms with Crippen LogP contribution in [0.3, 0.4) is 0 Å².